The van der Waals surface area contributed by atoms with Crippen LogP contribution in [0, 0.1) is 0 Å². The summed E-state index contributed by atoms with van der Waals surface area (Å²) < 4.78 is 0. The molecule has 3 heteroatoms. The minimum absolute atomic E-state index is 0.250. The third kappa shape index (κ3) is 5.07. The summed E-state index contributed by atoms with van der Waals surface area (Å²) in [6.45, 7) is -0.250. The summed E-state index contributed by atoms with van der Waals surface area (Å²) in [7, 11) is 2.38. The maximum Gasteiger partial charge on any atom is 0.290 e. The number of nitrogens with zero attached hydrogens (tertiary/aromatic N) is 1. The highest BCUT2D eigenvalue weighted by Crippen LogP contribution is 2.28. The molecule has 0 amide bonds. The molecule has 0 unspecified atom stereocenters. The zero-order valence-corrected chi connectivity index (χ0v) is 11.1. The first-order valence-corrected chi connectivity index (χ1v) is 7.09. The van der Waals surface area contributed by atoms with Gasteiger partial charge < -0.3 is 10.0 Å². The Labute approximate surface area is 105 Å². The number of hydrogen-bond donors (Lipinski definition) is 1. The third-order valence-corrected chi connectivity index (χ3v) is 4.30. The molecule has 0 spiro atoms. The molecule has 2 fully saturated rings. The van der Waals surface area contributed by atoms with E-state index in [0.29, 0.717) is 0 Å². The topological polar surface area (TPSA) is 40.5 Å². The minimum Gasteiger partial charge on any atom is -0.483 e. The van der Waals surface area contributed by atoms with Crippen molar-refractivity contribution in [1.82, 2.24) is 4.90 Å². The smallest absolute Gasteiger partial charge is 0.290 e. The Morgan fingerprint density at radius 3 is 1.47 bits per heavy atom. The van der Waals surface area contributed by atoms with E-state index in [-0.39, 0.29) is 6.47 Å². The zero-order chi connectivity index (χ0) is 12.5. The van der Waals surface area contributed by atoms with E-state index in [9.17, 15) is 0 Å². The molecule has 2 aliphatic rings. The summed E-state index contributed by atoms with van der Waals surface area (Å²) in [4.78, 5) is 11.1. The molecule has 1 N–H and O–H groups in total. The van der Waals surface area contributed by atoms with Crippen LogP contribution >= 0.6 is 0 Å². The van der Waals surface area contributed by atoms with Gasteiger partial charge in [-0.2, -0.15) is 0 Å². The average molecular weight is 241 g/mol. The molecule has 17 heavy (non-hydrogen) atoms. The molecule has 0 heterocycles. The van der Waals surface area contributed by atoms with Crippen molar-refractivity contribution in [2.45, 2.75) is 76.3 Å². The zero-order valence-electron chi connectivity index (χ0n) is 11.1. The van der Waals surface area contributed by atoms with E-state index in [1.165, 1.54) is 64.2 Å². The normalized spacial score (nSPS) is 22.9. The Morgan fingerprint density at radius 1 is 0.882 bits per heavy atom. The Balaban J connectivity index is 0.000000437. The highest BCUT2D eigenvalue weighted by Gasteiger charge is 2.25. The Bertz CT molecular complexity index is 178. The second-order valence-electron chi connectivity index (χ2n) is 5.35. The molecule has 0 radical (unpaired) electrons. The van der Waals surface area contributed by atoms with Gasteiger partial charge in [-0.3, -0.25) is 4.79 Å². The second-order valence-corrected chi connectivity index (χ2v) is 5.35. The fourth-order valence-electron chi connectivity index (χ4n) is 3.27. The molecular weight excluding hydrogens is 214 g/mol. The van der Waals surface area contributed by atoms with Crippen molar-refractivity contribution < 1.29 is 9.90 Å². The van der Waals surface area contributed by atoms with E-state index in [2.05, 4.69) is 11.9 Å². The molecule has 2 aliphatic carbocycles. The van der Waals surface area contributed by atoms with Crippen molar-refractivity contribution in [1.29, 1.82) is 0 Å². The molecule has 0 aromatic carbocycles. The average Bonchev–Trinajstić information content (AvgIpc) is 2.41. The van der Waals surface area contributed by atoms with Gasteiger partial charge in [0.1, 0.15) is 0 Å². The van der Waals surface area contributed by atoms with Crippen LogP contribution in [0.15, 0.2) is 0 Å². The summed E-state index contributed by atoms with van der Waals surface area (Å²) in [6.07, 6.45) is 14.7. The number of carbonyl (C=O) groups is 1. The van der Waals surface area contributed by atoms with E-state index >= 15 is 0 Å². The maximum absolute atomic E-state index is 8.36. The van der Waals surface area contributed by atoms with Crippen molar-refractivity contribution in [3.63, 3.8) is 0 Å². The summed E-state index contributed by atoms with van der Waals surface area (Å²) in [5.41, 5.74) is 0. The molecule has 0 saturated heterocycles. The highest BCUT2D eigenvalue weighted by molar-refractivity contribution is 5.32. The molecule has 0 aromatic heterocycles. The van der Waals surface area contributed by atoms with E-state index in [1.54, 1.807) is 0 Å². The molecule has 2 rings (SSSR count). The van der Waals surface area contributed by atoms with Crippen LogP contribution in [0.5, 0.6) is 0 Å². The van der Waals surface area contributed by atoms with Crippen LogP contribution in [0.4, 0.5) is 0 Å². The van der Waals surface area contributed by atoms with Gasteiger partial charge in [-0.15, -0.1) is 0 Å². The standard InChI is InChI=1S/C13H25N.CH2O2/c1-14(12-8-4-2-5-9-12)13-10-6-3-7-11-13;2-1-3/h12-13H,2-11H2,1H3;1H,(H,2,3). The lowest BCUT2D eigenvalue weighted by atomic mass is 9.89. The lowest BCUT2D eigenvalue weighted by molar-refractivity contribution is -0.122. The van der Waals surface area contributed by atoms with Crippen LogP contribution in [0.1, 0.15) is 64.2 Å². The van der Waals surface area contributed by atoms with Crippen molar-refractivity contribution >= 4 is 6.47 Å². The number of carboxylic acid groups (broad SMARTS) is 1. The Kier molecular flexibility index (Phi) is 7.25. The van der Waals surface area contributed by atoms with Gasteiger partial charge in [0.25, 0.3) is 6.47 Å². The van der Waals surface area contributed by atoms with E-state index < -0.39 is 0 Å². The predicted octanol–water partition coefficient (Wildman–Crippen LogP) is 3.28. The van der Waals surface area contributed by atoms with Crippen molar-refractivity contribution in [2.24, 2.45) is 0 Å². The maximum atomic E-state index is 8.36. The van der Waals surface area contributed by atoms with Gasteiger partial charge in [-0.05, 0) is 32.7 Å². The van der Waals surface area contributed by atoms with Crippen LogP contribution in [0.25, 0.3) is 0 Å². The highest BCUT2D eigenvalue weighted by atomic mass is 16.3. The van der Waals surface area contributed by atoms with E-state index in [4.69, 9.17) is 9.90 Å². The van der Waals surface area contributed by atoms with Gasteiger partial charge in [0.15, 0.2) is 0 Å². The van der Waals surface area contributed by atoms with Gasteiger partial charge in [0, 0.05) is 12.1 Å². The lowest BCUT2D eigenvalue weighted by Crippen LogP contribution is -2.42. The van der Waals surface area contributed by atoms with Gasteiger partial charge in [0.05, 0.1) is 0 Å². The fourth-order valence-corrected chi connectivity index (χ4v) is 3.27. The first-order chi connectivity index (χ1) is 8.29. The summed E-state index contributed by atoms with van der Waals surface area (Å²) >= 11 is 0. The van der Waals surface area contributed by atoms with Crippen LogP contribution in [-0.2, 0) is 4.79 Å². The fraction of sp³-hybridized carbons (Fsp3) is 0.929. The second kappa shape index (κ2) is 8.51. The molecular formula is C14H27NO2. The van der Waals surface area contributed by atoms with Gasteiger partial charge in [-0.1, -0.05) is 38.5 Å². The van der Waals surface area contributed by atoms with Crippen LogP contribution in [-0.4, -0.2) is 35.6 Å². The van der Waals surface area contributed by atoms with E-state index in [1.807, 2.05) is 0 Å². The summed E-state index contributed by atoms with van der Waals surface area (Å²) in [5.74, 6) is 0. The summed E-state index contributed by atoms with van der Waals surface area (Å²) in [6, 6.07) is 1.85. The first kappa shape index (κ1) is 14.5. The lowest BCUT2D eigenvalue weighted by Gasteiger charge is -2.39. The van der Waals surface area contributed by atoms with Crippen molar-refractivity contribution in [3.8, 4) is 0 Å². The molecule has 3 nitrogen and oxygen atoms in total. The van der Waals surface area contributed by atoms with Gasteiger partial charge in [0.2, 0.25) is 0 Å². The van der Waals surface area contributed by atoms with Crippen LogP contribution in [0.3, 0.4) is 0 Å². The molecule has 0 bridgehead atoms. The first-order valence-electron chi connectivity index (χ1n) is 7.09. The van der Waals surface area contributed by atoms with Gasteiger partial charge in [-0.25, -0.2) is 0 Å². The van der Waals surface area contributed by atoms with Crippen LogP contribution in [0.2, 0.25) is 0 Å². The quantitative estimate of drug-likeness (QED) is 0.754. The monoisotopic (exact) mass is 241 g/mol. The Hall–Kier alpha value is -0.570. The van der Waals surface area contributed by atoms with Crippen LogP contribution < -0.4 is 0 Å². The SMILES string of the molecule is CN(C1CCCCC1)C1CCCCC1.O=CO. The van der Waals surface area contributed by atoms with E-state index in [0.717, 1.165) is 12.1 Å². The molecule has 0 aromatic rings. The Morgan fingerprint density at radius 2 is 1.18 bits per heavy atom. The minimum atomic E-state index is -0.250. The molecule has 2 saturated carbocycles. The van der Waals surface area contributed by atoms with Crippen molar-refractivity contribution in [3.05, 3.63) is 0 Å². The number of rotatable bonds is 2. The summed E-state index contributed by atoms with van der Waals surface area (Å²) in [5, 5.41) is 6.89. The third-order valence-electron chi connectivity index (χ3n) is 4.30. The predicted molar refractivity (Wildman–Crippen MR) is 70.2 cm³/mol. The van der Waals surface area contributed by atoms with Gasteiger partial charge >= 0.3 is 0 Å². The van der Waals surface area contributed by atoms with Crippen molar-refractivity contribution in [2.75, 3.05) is 7.05 Å². The molecule has 100 valence electrons. The molecule has 0 atom stereocenters. The molecule has 0 aliphatic heterocycles. The number of hydrogen-bond acceptors (Lipinski definition) is 2. The largest absolute Gasteiger partial charge is 0.483 e.